The van der Waals surface area contributed by atoms with Gasteiger partial charge >= 0.3 is 0 Å². The molecule has 0 aliphatic carbocycles. The number of carbonyl (C=O) groups is 2. The fourth-order valence-corrected chi connectivity index (χ4v) is 2.43. The number of hydrogen-bond acceptors (Lipinski definition) is 4. The Morgan fingerprint density at radius 2 is 2.00 bits per heavy atom. The Hall–Kier alpha value is -2.15. The van der Waals surface area contributed by atoms with Gasteiger partial charge in [0.1, 0.15) is 0 Å². The predicted molar refractivity (Wildman–Crippen MR) is 78.7 cm³/mol. The molecule has 0 radical (unpaired) electrons. The number of carbonyl (C=O) groups excluding carboxylic acids is 2. The highest BCUT2D eigenvalue weighted by molar-refractivity contribution is 5.78. The number of ether oxygens (including phenoxy) is 1. The van der Waals surface area contributed by atoms with Crippen molar-refractivity contribution in [2.24, 2.45) is 5.73 Å². The van der Waals surface area contributed by atoms with Crippen LogP contribution in [-0.2, 0) is 9.59 Å². The lowest BCUT2D eigenvalue weighted by molar-refractivity contribution is -0.124. The van der Waals surface area contributed by atoms with Gasteiger partial charge in [0.2, 0.25) is 5.91 Å². The highest BCUT2D eigenvalue weighted by Gasteiger charge is 2.21. The van der Waals surface area contributed by atoms with E-state index < -0.39 is 5.82 Å². The maximum Gasteiger partial charge on any atom is 0.258 e. The second-order valence-electron chi connectivity index (χ2n) is 5.30. The second kappa shape index (κ2) is 7.74. The van der Waals surface area contributed by atoms with Gasteiger partial charge in [-0.1, -0.05) is 12.1 Å². The largest absolute Gasteiger partial charge is 0.481 e. The molecular weight excluding hydrogens is 289 g/mol. The van der Waals surface area contributed by atoms with Crippen LogP contribution in [0.2, 0.25) is 0 Å². The van der Waals surface area contributed by atoms with Gasteiger partial charge in [0.15, 0.2) is 18.2 Å². The summed E-state index contributed by atoms with van der Waals surface area (Å²) in [4.78, 5) is 24.6. The SMILES string of the molecule is NC(=O)CN1CCC(NC(=O)COc2ccccc2F)CC1. The van der Waals surface area contributed by atoms with E-state index in [4.69, 9.17) is 10.5 Å². The van der Waals surface area contributed by atoms with Crippen LogP contribution in [0.3, 0.4) is 0 Å². The quantitative estimate of drug-likeness (QED) is 0.790. The highest BCUT2D eigenvalue weighted by atomic mass is 19.1. The minimum absolute atomic E-state index is 0.0425. The van der Waals surface area contributed by atoms with Gasteiger partial charge in [-0.15, -0.1) is 0 Å². The molecule has 0 aromatic heterocycles. The summed E-state index contributed by atoms with van der Waals surface area (Å²) >= 11 is 0. The second-order valence-corrected chi connectivity index (χ2v) is 5.30. The van der Waals surface area contributed by atoms with Gasteiger partial charge in [0.05, 0.1) is 6.54 Å². The van der Waals surface area contributed by atoms with Crippen LogP contribution in [0.1, 0.15) is 12.8 Å². The summed E-state index contributed by atoms with van der Waals surface area (Å²) < 4.78 is 18.5. The topological polar surface area (TPSA) is 84.7 Å². The Morgan fingerprint density at radius 3 is 2.64 bits per heavy atom. The number of hydrogen-bond donors (Lipinski definition) is 2. The van der Waals surface area contributed by atoms with Crippen LogP contribution in [0.25, 0.3) is 0 Å². The number of nitrogens with one attached hydrogen (secondary N) is 1. The Morgan fingerprint density at radius 1 is 1.32 bits per heavy atom. The van der Waals surface area contributed by atoms with Crippen LogP contribution in [0.5, 0.6) is 5.75 Å². The summed E-state index contributed by atoms with van der Waals surface area (Å²) in [5.74, 6) is -1.05. The van der Waals surface area contributed by atoms with E-state index in [0.717, 1.165) is 12.8 Å². The molecule has 22 heavy (non-hydrogen) atoms. The minimum Gasteiger partial charge on any atom is -0.481 e. The third-order valence-electron chi connectivity index (χ3n) is 3.53. The standard InChI is InChI=1S/C15H20FN3O3/c16-12-3-1-2-4-13(12)22-10-15(21)18-11-5-7-19(8-6-11)9-14(17)20/h1-4,11H,5-10H2,(H2,17,20)(H,18,21). The van der Waals surface area contributed by atoms with Crippen molar-refractivity contribution in [3.63, 3.8) is 0 Å². The molecule has 0 spiro atoms. The minimum atomic E-state index is -0.491. The van der Waals surface area contributed by atoms with Crippen molar-refractivity contribution >= 4 is 11.8 Å². The van der Waals surface area contributed by atoms with Crippen LogP contribution in [0.4, 0.5) is 4.39 Å². The summed E-state index contributed by atoms with van der Waals surface area (Å²) in [7, 11) is 0. The molecule has 1 saturated heterocycles. The van der Waals surface area contributed by atoms with Crippen molar-refractivity contribution in [2.45, 2.75) is 18.9 Å². The fraction of sp³-hybridized carbons (Fsp3) is 0.467. The van der Waals surface area contributed by atoms with Crippen molar-refractivity contribution in [1.82, 2.24) is 10.2 Å². The molecule has 120 valence electrons. The van der Waals surface area contributed by atoms with Gasteiger partial charge in [-0.05, 0) is 25.0 Å². The first-order chi connectivity index (χ1) is 10.5. The molecule has 1 aliphatic heterocycles. The molecule has 2 rings (SSSR count). The molecule has 1 aromatic carbocycles. The third kappa shape index (κ3) is 5.00. The smallest absolute Gasteiger partial charge is 0.258 e. The number of halogens is 1. The Labute approximate surface area is 128 Å². The average molecular weight is 309 g/mol. The number of nitrogens with zero attached hydrogens (tertiary/aromatic N) is 1. The number of rotatable bonds is 6. The number of amides is 2. The van der Waals surface area contributed by atoms with E-state index in [-0.39, 0.29) is 36.8 Å². The molecule has 6 nitrogen and oxygen atoms in total. The maximum absolute atomic E-state index is 13.3. The molecule has 1 heterocycles. The first-order valence-electron chi connectivity index (χ1n) is 7.22. The van der Waals surface area contributed by atoms with E-state index in [1.54, 1.807) is 12.1 Å². The number of likely N-dealkylation sites (tertiary alicyclic amines) is 1. The molecule has 1 aromatic rings. The van der Waals surface area contributed by atoms with E-state index in [0.29, 0.717) is 13.1 Å². The molecule has 0 unspecified atom stereocenters. The summed E-state index contributed by atoms with van der Waals surface area (Å²) in [6.45, 7) is 1.45. The lowest BCUT2D eigenvalue weighted by Crippen LogP contribution is -2.47. The molecule has 1 fully saturated rings. The molecule has 0 saturated carbocycles. The molecule has 1 aliphatic rings. The lowest BCUT2D eigenvalue weighted by atomic mass is 10.1. The van der Waals surface area contributed by atoms with Crippen LogP contribution in [0, 0.1) is 5.82 Å². The van der Waals surface area contributed by atoms with E-state index in [9.17, 15) is 14.0 Å². The molecule has 7 heteroatoms. The Kier molecular flexibility index (Phi) is 5.71. The maximum atomic E-state index is 13.3. The number of primary amides is 1. The summed E-state index contributed by atoms with van der Waals surface area (Å²) in [6.07, 6.45) is 1.50. The molecular formula is C15H20FN3O3. The zero-order valence-corrected chi connectivity index (χ0v) is 12.3. The van der Waals surface area contributed by atoms with Gasteiger partial charge in [0, 0.05) is 19.1 Å². The van der Waals surface area contributed by atoms with Crippen molar-refractivity contribution < 1.29 is 18.7 Å². The van der Waals surface area contributed by atoms with Crippen LogP contribution < -0.4 is 15.8 Å². The summed E-state index contributed by atoms with van der Waals surface area (Å²) in [5.41, 5.74) is 5.15. The van der Waals surface area contributed by atoms with Crippen molar-refractivity contribution in [3.05, 3.63) is 30.1 Å². The number of nitrogens with two attached hydrogens (primary N) is 1. The molecule has 3 N–H and O–H groups in total. The van der Waals surface area contributed by atoms with Gasteiger partial charge in [0.25, 0.3) is 5.91 Å². The third-order valence-corrected chi connectivity index (χ3v) is 3.53. The van der Waals surface area contributed by atoms with Gasteiger partial charge in [-0.25, -0.2) is 4.39 Å². The number of benzene rings is 1. The number of para-hydroxylation sites is 1. The van der Waals surface area contributed by atoms with E-state index >= 15 is 0 Å². The first kappa shape index (κ1) is 16.2. The van der Waals surface area contributed by atoms with E-state index in [1.807, 2.05) is 4.90 Å². The average Bonchev–Trinajstić information content (AvgIpc) is 2.48. The first-order valence-corrected chi connectivity index (χ1v) is 7.22. The number of piperidine rings is 1. The Bertz CT molecular complexity index is 531. The van der Waals surface area contributed by atoms with E-state index in [1.165, 1.54) is 12.1 Å². The predicted octanol–water partition coefficient (Wildman–Crippen LogP) is 0.270. The van der Waals surface area contributed by atoms with Gasteiger partial charge < -0.3 is 15.8 Å². The van der Waals surface area contributed by atoms with Gasteiger partial charge in [-0.3, -0.25) is 14.5 Å². The monoisotopic (exact) mass is 309 g/mol. The van der Waals surface area contributed by atoms with Crippen LogP contribution in [-0.4, -0.2) is 49.0 Å². The fourth-order valence-electron chi connectivity index (χ4n) is 2.43. The molecule has 0 bridgehead atoms. The highest BCUT2D eigenvalue weighted by Crippen LogP contribution is 2.15. The summed E-state index contributed by atoms with van der Waals surface area (Å²) in [5, 5.41) is 2.85. The molecule has 0 atom stereocenters. The summed E-state index contributed by atoms with van der Waals surface area (Å²) in [6, 6.07) is 6.00. The zero-order chi connectivity index (χ0) is 15.9. The Balaban J connectivity index is 1.70. The van der Waals surface area contributed by atoms with Gasteiger partial charge in [-0.2, -0.15) is 0 Å². The zero-order valence-electron chi connectivity index (χ0n) is 12.3. The normalized spacial score (nSPS) is 16.2. The molecule has 2 amide bonds. The lowest BCUT2D eigenvalue weighted by Gasteiger charge is -2.31. The van der Waals surface area contributed by atoms with Crippen molar-refractivity contribution in [2.75, 3.05) is 26.2 Å². The van der Waals surface area contributed by atoms with E-state index in [2.05, 4.69) is 5.32 Å². The van der Waals surface area contributed by atoms with Crippen molar-refractivity contribution in [1.29, 1.82) is 0 Å². The van der Waals surface area contributed by atoms with Crippen LogP contribution >= 0.6 is 0 Å². The van der Waals surface area contributed by atoms with Crippen molar-refractivity contribution in [3.8, 4) is 5.75 Å². The van der Waals surface area contributed by atoms with Crippen LogP contribution in [0.15, 0.2) is 24.3 Å².